The van der Waals surface area contributed by atoms with Crippen molar-refractivity contribution in [3.63, 3.8) is 0 Å². The topological polar surface area (TPSA) is 68.5 Å². The number of ether oxygens (including phenoxy) is 1. The van der Waals surface area contributed by atoms with Gasteiger partial charge < -0.3 is 4.74 Å². The summed E-state index contributed by atoms with van der Waals surface area (Å²) in [6.07, 6.45) is 0. The maximum atomic E-state index is 12.7. The van der Waals surface area contributed by atoms with Gasteiger partial charge in [-0.2, -0.15) is 0 Å². The van der Waals surface area contributed by atoms with Crippen molar-refractivity contribution in [3.05, 3.63) is 12.2 Å². The van der Waals surface area contributed by atoms with Gasteiger partial charge in [-0.15, -0.1) is 0 Å². The van der Waals surface area contributed by atoms with Gasteiger partial charge in [0.25, 0.3) is 17.8 Å². The summed E-state index contributed by atoms with van der Waals surface area (Å²) in [6.45, 7) is 10.1. The fraction of sp³-hybridized carbons (Fsp3) is 0.625. The molecule has 0 aliphatic carbocycles. The minimum atomic E-state index is -0.551. The van der Waals surface area contributed by atoms with Gasteiger partial charge in [0, 0.05) is 27.2 Å². The number of morpholine rings is 1. The smallest absolute Gasteiger partial charge is 0.333 e. The van der Waals surface area contributed by atoms with Crippen LogP contribution >= 0.6 is 0 Å². The van der Waals surface area contributed by atoms with E-state index in [1.807, 2.05) is 11.5 Å². The third kappa shape index (κ3) is 2.87. The van der Waals surface area contributed by atoms with E-state index in [-0.39, 0.29) is 11.9 Å². The zero-order valence-electron chi connectivity index (χ0n) is 14.5. The highest BCUT2D eigenvalue weighted by Gasteiger charge is 2.52. The van der Waals surface area contributed by atoms with Gasteiger partial charge in [0.05, 0.1) is 13.2 Å². The van der Waals surface area contributed by atoms with E-state index in [0.717, 1.165) is 29.4 Å². The van der Waals surface area contributed by atoms with Crippen molar-refractivity contribution in [2.45, 2.75) is 13.0 Å². The maximum absolute atomic E-state index is 12.7. The molecule has 0 N–H and O–H groups in total. The van der Waals surface area contributed by atoms with Crippen LogP contribution in [0.4, 0.5) is 4.79 Å². The van der Waals surface area contributed by atoms with Gasteiger partial charge in [-0.1, -0.05) is 6.58 Å². The highest BCUT2D eigenvalue weighted by atomic mass is 16.5. The molecule has 1 unspecified atom stereocenters. The lowest BCUT2D eigenvalue weighted by atomic mass is 10.1. The Bertz CT molecular complexity index is 648. The number of likely N-dealkylation sites (N-methyl/N-ethyl adjacent to an activating group) is 2. The zero-order chi connectivity index (χ0) is 17.4. The van der Waals surface area contributed by atoms with Crippen molar-refractivity contribution in [3.8, 4) is 0 Å². The molecule has 0 saturated carbocycles. The number of imide groups is 1. The first-order chi connectivity index (χ1) is 11.4. The van der Waals surface area contributed by atoms with Crippen molar-refractivity contribution in [1.82, 2.24) is 14.7 Å². The lowest BCUT2D eigenvalue weighted by molar-refractivity contribution is -0.528. The van der Waals surface area contributed by atoms with Gasteiger partial charge in [-0.25, -0.2) is 9.37 Å². The maximum Gasteiger partial charge on any atom is 0.333 e. The third-order valence-electron chi connectivity index (χ3n) is 4.52. The van der Waals surface area contributed by atoms with E-state index in [4.69, 9.17) is 4.74 Å². The Hall–Kier alpha value is -2.06. The molecule has 3 rings (SSSR count). The summed E-state index contributed by atoms with van der Waals surface area (Å²) in [5.74, 6) is 1.07. The zero-order valence-corrected chi connectivity index (χ0v) is 14.5. The molecule has 3 aliphatic rings. The first-order valence-electron chi connectivity index (χ1n) is 8.11. The summed E-state index contributed by atoms with van der Waals surface area (Å²) < 4.78 is 7.35. The van der Waals surface area contributed by atoms with Crippen LogP contribution in [0.3, 0.4) is 0 Å². The Morgan fingerprint density at radius 3 is 2.58 bits per heavy atom. The molecule has 8 heteroatoms. The van der Waals surface area contributed by atoms with Gasteiger partial charge in [0.1, 0.15) is 13.1 Å². The first-order valence-corrected chi connectivity index (χ1v) is 8.11. The molecule has 0 spiro atoms. The molecule has 130 valence electrons. The normalized spacial score (nSPS) is 25.3. The minimum Gasteiger partial charge on any atom is -0.379 e. The standard InChI is InChI=1S/C16H24N5O3/c1-11(2)9-21-12(10-20-5-7-24-8-6-20)17-14-13(21)15(22)19(4)16(23)18(14)3/h13H,1,5-10H2,2-4H3/q+1. The molecule has 8 nitrogen and oxygen atoms in total. The van der Waals surface area contributed by atoms with E-state index in [2.05, 4.69) is 16.5 Å². The lowest BCUT2D eigenvalue weighted by Gasteiger charge is -2.30. The summed E-state index contributed by atoms with van der Waals surface area (Å²) in [5, 5.41) is 0. The molecule has 2 saturated heterocycles. The number of carbonyl (C=O) groups is 2. The first kappa shape index (κ1) is 16.8. The van der Waals surface area contributed by atoms with Crippen LogP contribution in [0.25, 0.3) is 0 Å². The molecule has 24 heavy (non-hydrogen) atoms. The molecule has 0 aromatic rings. The molecular weight excluding hydrogens is 310 g/mol. The van der Waals surface area contributed by atoms with Crippen LogP contribution in [0.2, 0.25) is 0 Å². The number of aliphatic imine (C=N–C) groups is 1. The summed E-state index contributed by atoms with van der Waals surface area (Å²) >= 11 is 0. The van der Waals surface area contributed by atoms with E-state index >= 15 is 0 Å². The van der Waals surface area contributed by atoms with Crippen molar-refractivity contribution in [2.24, 2.45) is 4.99 Å². The number of fused-ring (bicyclic) bond motifs is 1. The van der Waals surface area contributed by atoms with Crippen molar-refractivity contribution >= 4 is 23.6 Å². The van der Waals surface area contributed by atoms with Crippen molar-refractivity contribution in [2.75, 3.05) is 53.5 Å². The lowest BCUT2D eigenvalue weighted by Crippen LogP contribution is -2.61. The predicted octanol–water partition coefficient (Wildman–Crippen LogP) is -0.390. The molecule has 1 atom stereocenters. The van der Waals surface area contributed by atoms with E-state index in [1.54, 1.807) is 7.05 Å². The summed E-state index contributed by atoms with van der Waals surface area (Å²) in [5.41, 5.74) is 0.945. The largest absolute Gasteiger partial charge is 0.379 e. The molecule has 0 aromatic heterocycles. The predicted molar refractivity (Wildman–Crippen MR) is 89.4 cm³/mol. The van der Waals surface area contributed by atoms with Crippen molar-refractivity contribution < 1.29 is 18.9 Å². The van der Waals surface area contributed by atoms with Crippen molar-refractivity contribution in [1.29, 1.82) is 0 Å². The molecule has 0 bridgehead atoms. The fourth-order valence-electron chi connectivity index (χ4n) is 3.21. The number of amidine groups is 2. The van der Waals surface area contributed by atoms with E-state index in [9.17, 15) is 9.59 Å². The Labute approximate surface area is 141 Å². The van der Waals surface area contributed by atoms with Gasteiger partial charge >= 0.3 is 11.9 Å². The molecule has 3 aliphatic heterocycles. The number of urea groups is 1. The van der Waals surface area contributed by atoms with E-state index in [1.165, 1.54) is 11.9 Å². The average Bonchev–Trinajstić information content (AvgIpc) is 2.90. The van der Waals surface area contributed by atoms with E-state index < -0.39 is 6.04 Å². The summed E-state index contributed by atoms with van der Waals surface area (Å²) in [7, 11) is 3.17. The van der Waals surface area contributed by atoms with Crippen LogP contribution in [0.1, 0.15) is 6.92 Å². The molecule has 0 aromatic carbocycles. The highest BCUT2D eigenvalue weighted by molar-refractivity contribution is 6.23. The second-order valence-electron chi connectivity index (χ2n) is 6.50. The monoisotopic (exact) mass is 334 g/mol. The minimum absolute atomic E-state index is 0.241. The van der Waals surface area contributed by atoms with Crippen LogP contribution in [0, 0.1) is 0 Å². The van der Waals surface area contributed by atoms with Gasteiger partial charge in [0.15, 0.2) is 0 Å². The number of amides is 3. The third-order valence-corrected chi connectivity index (χ3v) is 4.52. The number of hydrogen-bond acceptors (Lipinski definition) is 5. The Balaban J connectivity index is 1.94. The number of nitrogens with zero attached hydrogens (tertiary/aromatic N) is 5. The second kappa shape index (κ2) is 6.45. The van der Waals surface area contributed by atoms with Crippen LogP contribution in [-0.2, 0) is 9.53 Å². The Morgan fingerprint density at radius 2 is 1.96 bits per heavy atom. The van der Waals surface area contributed by atoms with Gasteiger partial charge in [-0.3, -0.25) is 19.5 Å². The van der Waals surface area contributed by atoms with Gasteiger partial charge in [-0.05, 0) is 17.5 Å². The van der Waals surface area contributed by atoms with E-state index in [0.29, 0.717) is 32.1 Å². The van der Waals surface area contributed by atoms with Crippen LogP contribution < -0.4 is 0 Å². The fourth-order valence-corrected chi connectivity index (χ4v) is 3.21. The Kier molecular flexibility index (Phi) is 4.51. The quantitative estimate of drug-likeness (QED) is 0.519. The molecule has 2 fully saturated rings. The molecule has 3 heterocycles. The van der Waals surface area contributed by atoms with Crippen LogP contribution in [-0.4, -0.2) is 102 Å². The Morgan fingerprint density at radius 1 is 1.29 bits per heavy atom. The summed E-state index contributed by atoms with van der Waals surface area (Å²) in [6, 6.07) is -0.900. The second-order valence-corrected chi connectivity index (χ2v) is 6.50. The summed E-state index contributed by atoms with van der Waals surface area (Å²) in [4.78, 5) is 34.4. The SMILES string of the molecule is C=C(C)C[N+]1=C(CN2CCOCC2)N=C2C1C(=O)N(C)C(=O)N2C. The highest BCUT2D eigenvalue weighted by Crippen LogP contribution is 2.20. The van der Waals surface area contributed by atoms with Crippen LogP contribution in [0.15, 0.2) is 17.1 Å². The number of rotatable bonds is 4. The number of hydrogen-bond donors (Lipinski definition) is 0. The average molecular weight is 334 g/mol. The number of carbonyl (C=O) groups excluding carboxylic acids is 2. The molecule has 3 amide bonds. The molecular formula is C16H24N5O3+. The molecule has 0 radical (unpaired) electrons. The van der Waals surface area contributed by atoms with Gasteiger partial charge in [0.2, 0.25) is 0 Å². The van der Waals surface area contributed by atoms with Crippen LogP contribution in [0.5, 0.6) is 0 Å².